The van der Waals surface area contributed by atoms with Crippen molar-refractivity contribution >= 4 is 16.3 Å². The Balaban J connectivity index is 2.09. The Bertz CT molecular complexity index is 749. The number of fused-ring (bicyclic) bond motifs is 5. The maximum atomic E-state index is 4.78. The van der Waals surface area contributed by atoms with Gasteiger partial charge >= 0.3 is 0 Å². The summed E-state index contributed by atoms with van der Waals surface area (Å²) in [4.78, 5) is 5.90. The third-order valence-electron chi connectivity index (χ3n) is 3.51. The second-order valence-electron chi connectivity index (χ2n) is 4.74. The molecule has 0 saturated carbocycles. The fraction of sp³-hybridized carbons (Fsp3) is 0.214. The van der Waals surface area contributed by atoms with Gasteiger partial charge in [-0.15, -0.1) is 11.3 Å². The van der Waals surface area contributed by atoms with Gasteiger partial charge in [0.05, 0.1) is 11.4 Å². The van der Waals surface area contributed by atoms with Gasteiger partial charge in [0.1, 0.15) is 0 Å². The Kier molecular flexibility index (Phi) is 1.66. The van der Waals surface area contributed by atoms with Crippen molar-refractivity contribution < 1.29 is 0 Å². The average Bonchev–Trinajstić information content (AvgIpc) is 2.91. The second kappa shape index (κ2) is 2.99. The van der Waals surface area contributed by atoms with E-state index in [0.29, 0.717) is 0 Å². The van der Waals surface area contributed by atoms with E-state index in [1.54, 1.807) is 11.3 Å². The van der Waals surface area contributed by atoms with Crippen molar-refractivity contribution in [3.63, 3.8) is 0 Å². The van der Waals surface area contributed by atoms with E-state index in [9.17, 15) is 0 Å². The smallest absolute Gasteiger partial charge is 0.194 e. The quantitative estimate of drug-likeness (QED) is 0.459. The standard InChI is InChI=1S/C14H12N2S/c1-8-3-4-10-6-12-13(11(10)5-8)15-14-16(12)9(2)7-17-14/h3-5,7H,6H2,1-2H3. The number of thiazole rings is 1. The van der Waals surface area contributed by atoms with Gasteiger partial charge in [-0.3, -0.25) is 4.40 Å². The fourth-order valence-corrected chi connectivity index (χ4v) is 3.57. The fourth-order valence-electron chi connectivity index (χ4n) is 2.69. The Morgan fingerprint density at radius 1 is 1.29 bits per heavy atom. The summed E-state index contributed by atoms with van der Waals surface area (Å²) in [7, 11) is 0. The summed E-state index contributed by atoms with van der Waals surface area (Å²) in [6, 6.07) is 6.68. The molecule has 0 unspecified atom stereocenters. The molecule has 2 heterocycles. The summed E-state index contributed by atoms with van der Waals surface area (Å²) < 4.78 is 2.30. The first-order valence-electron chi connectivity index (χ1n) is 5.79. The van der Waals surface area contributed by atoms with Gasteiger partial charge in [0.25, 0.3) is 0 Å². The van der Waals surface area contributed by atoms with Crippen LogP contribution in [0.5, 0.6) is 0 Å². The van der Waals surface area contributed by atoms with Crippen LogP contribution in [0.3, 0.4) is 0 Å². The van der Waals surface area contributed by atoms with E-state index < -0.39 is 0 Å². The van der Waals surface area contributed by atoms with Crippen molar-refractivity contribution in [2.24, 2.45) is 0 Å². The number of aryl methyl sites for hydroxylation is 2. The molecule has 0 bridgehead atoms. The Morgan fingerprint density at radius 3 is 3.06 bits per heavy atom. The first kappa shape index (κ1) is 9.42. The molecule has 0 spiro atoms. The maximum absolute atomic E-state index is 4.78. The Labute approximate surface area is 104 Å². The van der Waals surface area contributed by atoms with E-state index in [4.69, 9.17) is 4.98 Å². The largest absolute Gasteiger partial charge is 0.291 e. The van der Waals surface area contributed by atoms with Crippen LogP contribution in [-0.2, 0) is 6.42 Å². The molecule has 0 amide bonds. The average molecular weight is 240 g/mol. The van der Waals surface area contributed by atoms with Crippen LogP contribution in [0.15, 0.2) is 23.6 Å². The zero-order chi connectivity index (χ0) is 11.6. The molecule has 1 aliphatic carbocycles. The third-order valence-corrected chi connectivity index (χ3v) is 4.45. The minimum Gasteiger partial charge on any atom is -0.291 e. The van der Waals surface area contributed by atoms with Crippen molar-refractivity contribution in [3.05, 3.63) is 46.1 Å². The molecule has 84 valence electrons. The zero-order valence-corrected chi connectivity index (χ0v) is 10.6. The number of rotatable bonds is 0. The summed E-state index contributed by atoms with van der Waals surface area (Å²) in [5.41, 5.74) is 7.90. The number of nitrogens with zero attached hydrogens (tertiary/aromatic N) is 2. The molecule has 1 aliphatic rings. The molecule has 0 atom stereocenters. The van der Waals surface area contributed by atoms with Gasteiger partial charge < -0.3 is 0 Å². The molecule has 3 aromatic rings. The number of imidazole rings is 1. The van der Waals surface area contributed by atoms with E-state index in [1.807, 2.05) is 0 Å². The Hall–Kier alpha value is -1.61. The highest BCUT2D eigenvalue weighted by molar-refractivity contribution is 7.15. The predicted molar refractivity (Wildman–Crippen MR) is 70.8 cm³/mol. The van der Waals surface area contributed by atoms with Crippen molar-refractivity contribution in [2.45, 2.75) is 20.3 Å². The molecule has 3 heteroatoms. The summed E-state index contributed by atoms with van der Waals surface area (Å²) >= 11 is 1.73. The van der Waals surface area contributed by atoms with Gasteiger partial charge in [0.15, 0.2) is 4.96 Å². The van der Waals surface area contributed by atoms with Crippen LogP contribution in [0.2, 0.25) is 0 Å². The van der Waals surface area contributed by atoms with Crippen molar-refractivity contribution in [1.82, 2.24) is 9.38 Å². The van der Waals surface area contributed by atoms with E-state index in [2.05, 4.69) is 41.8 Å². The number of aromatic nitrogens is 2. The molecule has 0 fully saturated rings. The van der Waals surface area contributed by atoms with Crippen LogP contribution >= 0.6 is 11.3 Å². The summed E-state index contributed by atoms with van der Waals surface area (Å²) in [6.45, 7) is 4.29. The molecule has 0 radical (unpaired) electrons. The topological polar surface area (TPSA) is 17.3 Å². The molecule has 4 rings (SSSR count). The van der Waals surface area contributed by atoms with Crippen LogP contribution in [0, 0.1) is 13.8 Å². The van der Waals surface area contributed by atoms with Gasteiger partial charge in [-0.25, -0.2) is 4.98 Å². The molecule has 2 aromatic heterocycles. The van der Waals surface area contributed by atoms with Crippen LogP contribution in [0.25, 0.3) is 16.2 Å². The molecular formula is C14H12N2S. The van der Waals surface area contributed by atoms with Crippen molar-refractivity contribution in [3.8, 4) is 11.3 Å². The van der Waals surface area contributed by atoms with Gasteiger partial charge in [-0.1, -0.05) is 17.7 Å². The Morgan fingerprint density at radius 2 is 2.18 bits per heavy atom. The third kappa shape index (κ3) is 1.12. The SMILES string of the molecule is Cc1ccc2c(c1)-c1nc3scc(C)n3c1C2. The molecular weight excluding hydrogens is 228 g/mol. The molecule has 0 N–H and O–H groups in total. The van der Waals surface area contributed by atoms with E-state index >= 15 is 0 Å². The minimum atomic E-state index is 1.02. The van der Waals surface area contributed by atoms with Crippen LogP contribution in [0.4, 0.5) is 0 Å². The summed E-state index contributed by atoms with van der Waals surface area (Å²) in [5.74, 6) is 0. The highest BCUT2D eigenvalue weighted by atomic mass is 32.1. The second-order valence-corrected chi connectivity index (χ2v) is 5.58. The molecule has 0 saturated heterocycles. The molecule has 17 heavy (non-hydrogen) atoms. The highest BCUT2D eigenvalue weighted by Gasteiger charge is 2.25. The molecule has 1 aromatic carbocycles. The lowest BCUT2D eigenvalue weighted by Gasteiger charge is -1.99. The van der Waals surface area contributed by atoms with Gasteiger partial charge in [-0.05, 0) is 25.5 Å². The van der Waals surface area contributed by atoms with Gasteiger partial charge in [0.2, 0.25) is 0 Å². The first-order valence-corrected chi connectivity index (χ1v) is 6.67. The lowest BCUT2D eigenvalue weighted by molar-refractivity contribution is 1.02. The molecule has 2 nitrogen and oxygen atoms in total. The number of hydrogen-bond donors (Lipinski definition) is 0. The van der Waals surface area contributed by atoms with Crippen LogP contribution in [-0.4, -0.2) is 9.38 Å². The highest BCUT2D eigenvalue weighted by Crippen LogP contribution is 2.38. The lowest BCUT2D eigenvalue weighted by Crippen LogP contribution is -1.91. The van der Waals surface area contributed by atoms with Crippen LogP contribution in [0.1, 0.15) is 22.5 Å². The van der Waals surface area contributed by atoms with Crippen LogP contribution < -0.4 is 0 Å². The van der Waals surface area contributed by atoms with E-state index in [1.165, 1.54) is 33.8 Å². The predicted octanol–water partition coefficient (Wildman–Crippen LogP) is 3.58. The van der Waals surface area contributed by atoms with Gasteiger partial charge in [-0.2, -0.15) is 0 Å². The molecule has 0 aliphatic heterocycles. The number of hydrogen-bond acceptors (Lipinski definition) is 2. The number of benzene rings is 1. The lowest BCUT2D eigenvalue weighted by atomic mass is 10.1. The van der Waals surface area contributed by atoms with E-state index in [0.717, 1.165) is 11.4 Å². The summed E-state index contributed by atoms with van der Waals surface area (Å²) in [5, 5.41) is 2.18. The first-order chi connectivity index (χ1) is 8.24. The summed E-state index contributed by atoms with van der Waals surface area (Å²) in [6.07, 6.45) is 1.02. The normalized spacial score (nSPS) is 13.1. The minimum absolute atomic E-state index is 1.02. The monoisotopic (exact) mass is 240 g/mol. The zero-order valence-electron chi connectivity index (χ0n) is 9.82. The van der Waals surface area contributed by atoms with Crippen molar-refractivity contribution in [2.75, 3.05) is 0 Å². The van der Waals surface area contributed by atoms with E-state index in [-0.39, 0.29) is 0 Å². The van der Waals surface area contributed by atoms with Crippen molar-refractivity contribution in [1.29, 1.82) is 0 Å². The maximum Gasteiger partial charge on any atom is 0.194 e. The van der Waals surface area contributed by atoms with Gasteiger partial charge in [0, 0.05) is 23.1 Å².